The number of aliphatic hydroxyl groups is 2. The average Bonchev–Trinajstić information content (AvgIpc) is 2.45. The van der Waals surface area contributed by atoms with E-state index >= 15 is 0 Å². The van der Waals surface area contributed by atoms with E-state index in [2.05, 4.69) is 12.2 Å². The first-order valence-electron chi connectivity index (χ1n) is 6.31. The summed E-state index contributed by atoms with van der Waals surface area (Å²) in [4.78, 5) is 11.6. The number of benzene rings is 1. The Morgan fingerprint density at radius 2 is 2.05 bits per heavy atom. The third-order valence-corrected chi connectivity index (χ3v) is 3.81. The van der Waals surface area contributed by atoms with Gasteiger partial charge < -0.3 is 15.5 Å². The van der Waals surface area contributed by atoms with E-state index in [1.807, 2.05) is 30.3 Å². The van der Waals surface area contributed by atoms with E-state index in [1.165, 1.54) is 17.3 Å². The molecule has 2 atom stereocenters. The summed E-state index contributed by atoms with van der Waals surface area (Å²) in [5, 5.41) is 20.6. The molecule has 0 saturated carbocycles. The van der Waals surface area contributed by atoms with Gasteiger partial charge >= 0.3 is 0 Å². The van der Waals surface area contributed by atoms with Gasteiger partial charge in [0.2, 0.25) is 5.91 Å². The van der Waals surface area contributed by atoms with Crippen LogP contribution in [0.2, 0.25) is 0 Å². The fraction of sp³-hybridized carbons (Fsp3) is 0.500. The molecule has 4 nitrogen and oxygen atoms in total. The average molecular weight is 283 g/mol. The van der Waals surface area contributed by atoms with Crippen molar-refractivity contribution >= 4 is 17.7 Å². The number of rotatable bonds is 8. The molecule has 0 spiro atoms. The van der Waals surface area contributed by atoms with Gasteiger partial charge in [-0.15, -0.1) is 11.8 Å². The van der Waals surface area contributed by atoms with Crippen LogP contribution in [0.5, 0.6) is 0 Å². The van der Waals surface area contributed by atoms with Gasteiger partial charge in [0.25, 0.3) is 0 Å². The van der Waals surface area contributed by atoms with Gasteiger partial charge in [0.05, 0.1) is 18.5 Å². The quantitative estimate of drug-likeness (QED) is 0.665. The highest BCUT2D eigenvalue weighted by Gasteiger charge is 2.08. The van der Waals surface area contributed by atoms with Gasteiger partial charge in [0, 0.05) is 12.3 Å². The van der Waals surface area contributed by atoms with E-state index in [0.717, 1.165) is 0 Å². The van der Waals surface area contributed by atoms with Gasteiger partial charge in [-0.2, -0.15) is 0 Å². The van der Waals surface area contributed by atoms with Crippen molar-refractivity contribution in [2.45, 2.75) is 18.9 Å². The zero-order chi connectivity index (χ0) is 14.1. The van der Waals surface area contributed by atoms with Gasteiger partial charge in [-0.3, -0.25) is 4.79 Å². The monoisotopic (exact) mass is 283 g/mol. The van der Waals surface area contributed by atoms with E-state index < -0.39 is 6.10 Å². The molecular weight excluding hydrogens is 262 g/mol. The number of aliphatic hydroxyl groups excluding tert-OH is 2. The van der Waals surface area contributed by atoms with E-state index in [1.54, 1.807) is 0 Å². The molecule has 0 aliphatic carbocycles. The van der Waals surface area contributed by atoms with Crippen LogP contribution in [0.15, 0.2) is 30.3 Å². The minimum absolute atomic E-state index is 0.0436. The summed E-state index contributed by atoms with van der Waals surface area (Å²) >= 11 is 1.32. The highest BCUT2D eigenvalue weighted by atomic mass is 32.2. The van der Waals surface area contributed by atoms with Gasteiger partial charge in [-0.05, 0) is 11.5 Å². The Kier molecular flexibility index (Phi) is 7.55. The lowest BCUT2D eigenvalue weighted by Gasteiger charge is -2.13. The predicted molar refractivity (Wildman–Crippen MR) is 78.3 cm³/mol. The van der Waals surface area contributed by atoms with Crippen LogP contribution in [-0.4, -0.2) is 46.9 Å². The number of amides is 1. The number of carbonyl (C=O) groups is 1. The van der Waals surface area contributed by atoms with Crippen molar-refractivity contribution in [3.05, 3.63) is 35.9 Å². The minimum Gasteiger partial charge on any atom is -0.394 e. The van der Waals surface area contributed by atoms with Crippen molar-refractivity contribution in [3.8, 4) is 0 Å². The van der Waals surface area contributed by atoms with Gasteiger partial charge in [-0.25, -0.2) is 0 Å². The summed E-state index contributed by atoms with van der Waals surface area (Å²) in [5.74, 6) is 0.910. The maximum atomic E-state index is 11.6. The lowest BCUT2D eigenvalue weighted by atomic mass is 10.0. The van der Waals surface area contributed by atoms with Crippen LogP contribution in [0.1, 0.15) is 18.4 Å². The Morgan fingerprint density at radius 3 is 2.68 bits per heavy atom. The van der Waals surface area contributed by atoms with Crippen LogP contribution in [0.25, 0.3) is 0 Å². The Bertz CT molecular complexity index is 372. The number of nitrogens with one attached hydrogen (secondary N) is 1. The summed E-state index contributed by atoms with van der Waals surface area (Å²) < 4.78 is 0. The summed E-state index contributed by atoms with van der Waals surface area (Å²) in [7, 11) is 0. The van der Waals surface area contributed by atoms with E-state index in [0.29, 0.717) is 18.1 Å². The lowest BCUT2D eigenvalue weighted by molar-refractivity contribution is -0.118. The maximum Gasteiger partial charge on any atom is 0.230 e. The first-order chi connectivity index (χ1) is 9.13. The summed E-state index contributed by atoms with van der Waals surface area (Å²) in [6.45, 7) is 2.41. The normalized spacial score (nSPS) is 13.8. The number of carbonyl (C=O) groups excluding carboxylic acids is 1. The Morgan fingerprint density at radius 1 is 1.37 bits per heavy atom. The highest BCUT2D eigenvalue weighted by Crippen LogP contribution is 2.13. The molecule has 106 valence electrons. The van der Waals surface area contributed by atoms with E-state index in [9.17, 15) is 4.79 Å². The lowest BCUT2D eigenvalue weighted by Crippen LogP contribution is -2.29. The van der Waals surface area contributed by atoms with Crippen molar-refractivity contribution < 1.29 is 15.0 Å². The Balaban J connectivity index is 2.20. The molecule has 0 fully saturated rings. The number of hydrogen-bond donors (Lipinski definition) is 3. The standard InChI is InChI=1S/C14H21NO3S/c1-11(12-5-3-2-4-6-12)7-15-14(18)10-19-9-13(17)8-16/h2-6,11,13,16-17H,7-10H2,1H3,(H,15,18). The van der Waals surface area contributed by atoms with Gasteiger partial charge in [0.1, 0.15) is 0 Å². The third kappa shape index (κ3) is 6.61. The molecule has 0 bridgehead atoms. The van der Waals surface area contributed by atoms with Crippen LogP contribution < -0.4 is 5.32 Å². The van der Waals surface area contributed by atoms with Crippen LogP contribution in [0, 0.1) is 0 Å². The van der Waals surface area contributed by atoms with Crippen LogP contribution in [0.4, 0.5) is 0 Å². The van der Waals surface area contributed by atoms with Crippen LogP contribution >= 0.6 is 11.8 Å². The fourth-order valence-corrected chi connectivity index (χ4v) is 2.34. The minimum atomic E-state index is -0.749. The molecule has 0 heterocycles. The van der Waals surface area contributed by atoms with E-state index in [4.69, 9.17) is 10.2 Å². The number of thioether (sulfide) groups is 1. The molecule has 1 aromatic carbocycles. The van der Waals surface area contributed by atoms with E-state index in [-0.39, 0.29) is 18.4 Å². The third-order valence-electron chi connectivity index (χ3n) is 2.73. The molecule has 3 N–H and O–H groups in total. The highest BCUT2D eigenvalue weighted by molar-refractivity contribution is 7.99. The summed E-state index contributed by atoms with van der Waals surface area (Å²) in [6, 6.07) is 10.0. The SMILES string of the molecule is CC(CNC(=O)CSCC(O)CO)c1ccccc1. The fourth-order valence-electron chi connectivity index (χ4n) is 1.56. The molecule has 19 heavy (non-hydrogen) atoms. The number of hydrogen-bond acceptors (Lipinski definition) is 4. The Hall–Kier alpha value is -1.04. The van der Waals surface area contributed by atoms with Crippen LogP contribution in [-0.2, 0) is 4.79 Å². The zero-order valence-electron chi connectivity index (χ0n) is 11.1. The van der Waals surface area contributed by atoms with Crippen molar-refractivity contribution in [1.29, 1.82) is 0 Å². The first-order valence-corrected chi connectivity index (χ1v) is 7.47. The molecule has 1 amide bonds. The largest absolute Gasteiger partial charge is 0.394 e. The molecule has 0 aromatic heterocycles. The van der Waals surface area contributed by atoms with Gasteiger partial charge in [-0.1, -0.05) is 37.3 Å². The molecule has 2 unspecified atom stereocenters. The molecule has 0 radical (unpaired) electrons. The zero-order valence-corrected chi connectivity index (χ0v) is 11.9. The van der Waals surface area contributed by atoms with Crippen molar-refractivity contribution in [2.75, 3.05) is 24.7 Å². The second kappa shape index (κ2) is 8.96. The second-order valence-corrected chi connectivity index (χ2v) is 5.50. The predicted octanol–water partition coefficient (Wildman–Crippen LogP) is 0.993. The molecule has 0 aliphatic rings. The molecule has 5 heteroatoms. The molecule has 1 aromatic rings. The first kappa shape index (κ1) is 16.0. The maximum absolute atomic E-state index is 11.6. The topological polar surface area (TPSA) is 69.6 Å². The van der Waals surface area contributed by atoms with Crippen molar-refractivity contribution in [1.82, 2.24) is 5.32 Å². The van der Waals surface area contributed by atoms with Crippen molar-refractivity contribution in [3.63, 3.8) is 0 Å². The molecule has 1 rings (SSSR count). The molecule has 0 saturated heterocycles. The smallest absolute Gasteiger partial charge is 0.230 e. The molecule has 0 aliphatic heterocycles. The van der Waals surface area contributed by atoms with Crippen molar-refractivity contribution in [2.24, 2.45) is 0 Å². The summed E-state index contributed by atoms with van der Waals surface area (Å²) in [5.41, 5.74) is 1.20. The molecular formula is C14H21NO3S. The van der Waals surface area contributed by atoms with Crippen LogP contribution in [0.3, 0.4) is 0 Å². The second-order valence-electron chi connectivity index (χ2n) is 4.47. The Labute approximate surface area is 118 Å². The summed E-state index contributed by atoms with van der Waals surface area (Å²) in [6.07, 6.45) is -0.749. The van der Waals surface area contributed by atoms with Gasteiger partial charge in [0.15, 0.2) is 0 Å².